The molecule has 5 heteroatoms. The molecule has 4 atom stereocenters. The summed E-state index contributed by atoms with van der Waals surface area (Å²) >= 11 is 0. The Morgan fingerprint density at radius 2 is 1.82 bits per heavy atom. The Hall–Kier alpha value is -1.88. The van der Waals surface area contributed by atoms with Crippen LogP contribution in [0.15, 0.2) is 24.3 Å². The summed E-state index contributed by atoms with van der Waals surface area (Å²) in [5.74, 6) is 0.555. The molecule has 1 aliphatic carbocycles. The molecule has 4 unspecified atom stereocenters. The third-order valence-corrected chi connectivity index (χ3v) is 6.45. The van der Waals surface area contributed by atoms with E-state index in [0.29, 0.717) is 18.8 Å². The molecule has 1 aromatic carbocycles. The average molecular weight is 386 g/mol. The van der Waals surface area contributed by atoms with E-state index in [0.717, 1.165) is 18.5 Å². The van der Waals surface area contributed by atoms with Crippen LogP contribution in [-0.2, 0) is 9.59 Å². The zero-order valence-corrected chi connectivity index (χ0v) is 17.8. The summed E-state index contributed by atoms with van der Waals surface area (Å²) in [6.07, 6.45) is 5.73. The molecule has 1 saturated carbocycles. The third kappa shape index (κ3) is 4.75. The second-order valence-electron chi connectivity index (χ2n) is 8.93. The van der Waals surface area contributed by atoms with Crippen molar-refractivity contribution in [1.82, 2.24) is 15.1 Å². The normalized spacial score (nSPS) is 28.5. The number of piperidine rings is 1. The van der Waals surface area contributed by atoms with Gasteiger partial charge in [-0.2, -0.15) is 0 Å². The number of carbonyl (C=O) groups excluding carboxylic acids is 2. The van der Waals surface area contributed by atoms with Crippen molar-refractivity contribution in [2.75, 3.05) is 27.7 Å². The number of aryl methyl sites for hydroxylation is 1. The molecule has 2 aliphatic rings. The van der Waals surface area contributed by atoms with Gasteiger partial charge < -0.3 is 15.1 Å². The molecule has 2 fully saturated rings. The highest BCUT2D eigenvalue weighted by Crippen LogP contribution is 2.36. The molecule has 1 saturated heterocycles. The first kappa shape index (κ1) is 20.8. The second kappa shape index (κ2) is 9.08. The van der Waals surface area contributed by atoms with E-state index in [4.69, 9.17) is 0 Å². The lowest BCUT2D eigenvalue weighted by atomic mass is 9.81. The van der Waals surface area contributed by atoms with Gasteiger partial charge in [0.15, 0.2) is 0 Å². The lowest BCUT2D eigenvalue weighted by molar-refractivity contribution is -0.142. The number of amides is 2. The van der Waals surface area contributed by atoms with Crippen LogP contribution < -0.4 is 5.32 Å². The minimum atomic E-state index is -0.188. The fourth-order valence-electron chi connectivity index (χ4n) is 4.91. The summed E-state index contributed by atoms with van der Waals surface area (Å²) in [5.41, 5.74) is 2.23. The molecule has 1 N–H and O–H groups in total. The predicted molar refractivity (Wildman–Crippen MR) is 112 cm³/mol. The quantitative estimate of drug-likeness (QED) is 0.847. The largest absolute Gasteiger partial charge is 0.353 e. The molecule has 1 aromatic rings. The molecule has 1 aliphatic heterocycles. The zero-order valence-electron chi connectivity index (χ0n) is 17.8. The molecular weight excluding hydrogens is 350 g/mol. The number of carbonyl (C=O) groups is 2. The van der Waals surface area contributed by atoms with Gasteiger partial charge in [-0.15, -0.1) is 0 Å². The van der Waals surface area contributed by atoms with Crippen LogP contribution in [-0.4, -0.2) is 55.3 Å². The van der Waals surface area contributed by atoms with Gasteiger partial charge in [0.1, 0.15) is 0 Å². The standard InChI is InChI=1S/C23H35N3O2/c1-16-9-11-17(12-10-16)22-19(13-14-21(27)26(22)4)23(28)24-20-8-6-5-7-18(20)15-25(2)3/h9-12,18-20,22H,5-8,13-15H2,1-4H3,(H,24,28). The van der Waals surface area contributed by atoms with Crippen LogP contribution in [0.5, 0.6) is 0 Å². The summed E-state index contributed by atoms with van der Waals surface area (Å²) < 4.78 is 0. The summed E-state index contributed by atoms with van der Waals surface area (Å²) in [6, 6.07) is 8.30. The summed E-state index contributed by atoms with van der Waals surface area (Å²) in [6.45, 7) is 3.06. The number of rotatable bonds is 5. The Morgan fingerprint density at radius 3 is 2.50 bits per heavy atom. The molecule has 28 heavy (non-hydrogen) atoms. The van der Waals surface area contributed by atoms with Gasteiger partial charge in [0.25, 0.3) is 0 Å². The lowest BCUT2D eigenvalue weighted by Gasteiger charge is -2.40. The van der Waals surface area contributed by atoms with Gasteiger partial charge in [0.05, 0.1) is 12.0 Å². The summed E-state index contributed by atoms with van der Waals surface area (Å²) in [7, 11) is 6.03. The van der Waals surface area contributed by atoms with Crippen molar-refractivity contribution in [3.8, 4) is 0 Å². The maximum absolute atomic E-state index is 13.3. The van der Waals surface area contributed by atoms with Crippen LogP contribution in [0.25, 0.3) is 0 Å². The van der Waals surface area contributed by atoms with Gasteiger partial charge in [-0.1, -0.05) is 42.7 Å². The number of likely N-dealkylation sites (tertiary alicyclic amines) is 1. The minimum absolute atomic E-state index is 0.112. The van der Waals surface area contributed by atoms with Crippen molar-refractivity contribution in [3.63, 3.8) is 0 Å². The van der Waals surface area contributed by atoms with Crippen molar-refractivity contribution in [1.29, 1.82) is 0 Å². The second-order valence-corrected chi connectivity index (χ2v) is 8.93. The van der Waals surface area contributed by atoms with Crippen molar-refractivity contribution in [3.05, 3.63) is 35.4 Å². The van der Waals surface area contributed by atoms with Gasteiger partial charge in [0.2, 0.25) is 11.8 Å². The van der Waals surface area contributed by atoms with Crippen molar-refractivity contribution in [2.24, 2.45) is 11.8 Å². The first-order chi connectivity index (χ1) is 13.4. The number of hydrogen-bond acceptors (Lipinski definition) is 3. The highest BCUT2D eigenvalue weighted by Gasteiger charge is 2.40. The van der Waals surface area contributed by atoms with E-state index in [1.165, 1.54) is 24.8 Å². The summed E-state index contributed by atoms with van der Waals surface area (Å²) in [4.78, 5) is 29.7. The van der Waals surface area contributed by atoms with E-state index < -0.39 is 0 Å². The van der Waals surface area contributed by atoms with Crippen LogP contribution >= 0.6 is 0 Å². The number of nitrogens with one attached hydrogen (secondary N) is 1. The monoisotopic (exact) mass is 385 g/mol. The first-order valence-corrected chi connectivity index (χ1v) is 10.6. The Morgan fingerprint density at radius 1 is 1.14 bits per heavy atom. The summed E-state index contributed by atoms with van der Waals surface area (Å²) in [5, 5.41) is 3.39. The van der Waals surface area contributed by atoms with Crippen LogP contribution in [0, 0.1) is 18.8 Å². The average Bonchev–Trinajstić information content (AvgIpc) is 2.66. The Balaban J connectivity index is 1.77. The lowest BCUT2D eigenvalue weighted by Crippen LogP contribution is -2.51. The molecule has 0 bridgehead atoms. The maximum Gasteiger partial charge on any atom is 0.225 e. The predicted octanol–water partition coefficient (Wildman–Crippen LogP) is 3.14. The number of benzene rings is 1. The van der Waals surface area contributed by atoms with E-state index in [2.05, 4.69) is 55.5 Å². The van der Waals surface area contributed by atoms with E-state index in [9.17, 15) is 9.59 Å². The highest BCUT2D eigenvalue weighted by molar-refractivity contribution is 5.85. The smallest absolute Gasteiger partial charge is 0.225 e. The first-order valence-electron chi connectivity index (χ1n) is 10.6. The third-order valence-electron chi connectivity index (χ3n) is 6.45. The van der Waals surface area contributed by atoms with Crippen molar-refractivity contribution < 1.29 is 9.59 Å². The fourth-order valence-corrected chi connectivity index (χ4v) is 4.91. The zero-order chi connectivity index (χ0) is 20.3. The Labute approximate surface area is 169 Å². The van der Waals surface area contributed by atoms with Crippen molar-refractivity contribution in [2.45, 2.75) is 57.5 Å². The molecular formula is C23H35N3O2. The van der Waals surface area contributed by atoms with Gasteiger partial charge >= 0.3 is 0 Å². The fraction of sp³-hybridized carbons (Fsp3) is 0.652. The Kier molecular flexibility index (Phi) is 6.76. The number of hydrogen-bond donors (Lipinski definition) is 1. The van der Waals surface area contributed by atoms with E-state index in [-0.39, 0.29) is 29.8 Å². The van der Waals surface area contributed by atoms with Crippen LogP contribution in [0.4, 0.5) is 0 Å². The van der Waals surface area contributed by atoms with E-state index in [1.807, 2.05) is 7.05 Å². The number of nitrogens with zero attached hydrogens (tertiary/aromatic N) is 2. The molecule has 3 rings (SSSR count). The molecule has 0 aromatic heterocycles. The SMILES string of the molecule is Cc1ccc(C2C(C(=O)NC3CCCCC3CN(C)C)CCC(=O)N2C)cc1. The van der Waals surface area contributed by atoms with E-state index >= 15 is 0 Å². The van der Waals surface area contributed by atoms with Crippen LogP contribution in [0.3, 0.4) is 0 Å². The maximum atomic E-state index is 13.3. The molecule has 5 nitrogen and oxygen atoms in total. The van der Waals surface area contributed by atoms with Crippen LogP contribution in [0.2, 0.25) is 0 Å². The molecule has 1 heterocycles. The molecule has 154 valence electrons. The minimum Gasteiger partial charge on any atom is -0.353 e. The molecule has 2 amide bonds. The van der Waals surface area contributed by atoms with E-state index in [1.54, 1.807) is 4.90 Å². The van der Waals surface area contributed by atoms with Gasteiger partial charge in [-0.05, 0) is 51.8 Å². The molecule has 0 radical (unpaired) electrons. The highest BCUT2D eigenvalue weighted by atomic mass is 16.2. The van der Waals surface area contributed by atoms with Gasteiger partial charge in [-0.25, -0.2) is 0 Å². The van der Waals surface area contributed by atoms with Gasteiger partial charge in [0, 0.05) is 26.1 Å². The molecule has 0 spiro atoms. The topological polar surface area (TPSA) is 52.7 Å². The van der Waals surface area contributed by atoms with Crippen LogP contribution in [0.1, 0.15) is 55.7 Å². The Bertz CT molecular complexity index is 686. The van der Waals surface area contributed by atoms with Gasteiger partial charge in [-0.3, -0.25) is 9.59 Å². The van der Waals surface area contributed by atoms with Crippen molar-refractivity contribution >= 4 is 11.8 Å².